The van der Waals surface area contributed by atoms with E-state index in [1.165, 1.54) is 6.07 Å². The first-order chi connectivity index (χ1) is 8.56. The van der Waals surface area contributed by atoms with Gasteiger partial charge in [0.2, 0.25) is 0 Å². The van der Waals surface area contributed by atoms with Crippen LogP contribution >= 0.6 is 15.9 Å². The molecule has 1 atom stereocenters. The monoisotopic (exact) mass is 313 g/mol. The SMILES string of the molecule is OC(Cc1cncc(Br)c1)c1ccc(F)cc1F. The molecule has 0 spiro atoms. The van der Waals surface area contributed by atoms with Crippen LogP contribution in [0.1, 0.15) is 17.2 Å². The number of benzene rings is 1. The molecule has 1 aromatic carbocycles. The highest BCUT2D eigenvalue weighted by atomic mass is 79.9. The van der Waals surface area contributed by atoms with Crippen LogP contribution in [0.2, 0.25) is 0 Å². The fourth-order valence-corrected chi connectivity index (χ4v) is 2.08. The quantitative estimate of drug-likeness (QED) is 0.942. The van der Waals surface area contributed by atoms with Crippen molar-refractivity contribution in [1.82, 2.24) is 4.98 Å². The summed E-state index contributed by atoms with van der Waals surface area (Å²) in [4.78, 5) is 3.96. The van der Waals surface area contributed by atoms with Crippen LogP contribution in [0.25, 0.3) is 0 Å². The number of aliphatic hydroxyl groups is 1. The Hall–Kier alpha value is -1.33. The molecular formula is C13H10BrF2NO. The van der Waals surface area contributed by atoms with Gasteiger partial charge in [-0.1, -0.05) is 6.07 Å². The van der Waals surface area contributed by atoms with E-state index in [1.54, 1.807) is 18.5 Å². The van der Waals surface area contributed by atoms with Crippen molar-refractivity contribution in [3.8, 4) is 0 Å². The highest BCUT2D eigenvalue weighted by molar-refractivity contribution is 9.10. The molecule has 2 aromatic rings. The molecule has 94 valence electrons. The third-order valence-electron chi connectivity index (χ3n) is 2.51. The normalized spacial score (nSPS) is 12.4. The Morgan fingerprint density at radius 2 is 2.00 bits per heavy atom. The Morgan fingerprint density at radius 3 is 2.67 bits per heavy atom. The van der Waals surface area contributed by atoms with Crippen molar-refractivity contribution in [2.75, 3.05) is 0 Å². The molecule has 1 heterocycles. The van der Waals surface area contributed by atoms with E-state index in [9.17, 15) is 13.9 Å². The zero-order valence-electron chi connectivity index (χ0n) is 9.28. The summed E-state index contributed by atoms with van der Waals surface area (Å²) < 4.78 is 27.0. The van der Waals surface area contributed by atoms with E-state index in [-0.39, 0.29) is 12.0 Å². The van der Waals surface area contributed by atoms with E-state index in [1.807, 2.05) is 0 Å². The number of aromatic nitrogens is 1. The molecule has 0 bridgehead atoms. The summed E-state index contributed by atoms with van der Waals surface area (Å²) >= 11 is 3.26. The number of hydrogen-bond donors (Lipinski definition) is 1. The van der Waals surface area contributed by atoms with E-state index in [0.29, 0.717) is 0 Å². The maximum atomic E-state index is 13.5. The highest BCUT2D eigenvalue weighted by Gasteiger charge is 2.14. The Kier molecular flexibility index (Phi) is 4.04. The average Bonchev–Trinajstić information content (AvgIpc) is 2.28. The van der Waals surface area contributed by atoms with Crippen molar-refractivity contribution in [2.24, 2.45) is 0 Å². The van der Waals surface area contributed by atoms with Gasteiger partial charge in [0, 0.05) is 34.9 Å². The molecule has 0 aliphatic heterocycles. The molecule has 0 saturated heterocycles. The van der Waals surface area contributed by atoms with Crippen LogP contribution in [0.15, 0.2) is 41.1 Å². The van der Waals surface area contributed by atoms with Crippen LogP contribution in [0, 0.1) is 11.6 Å². The average molecular weight is 314 g/mol. The molecular weight excluding hydrogens is 304 g/mol. The summed E-state index contributed by atoms with van der Waals surface area (Å²) in [6.45, 7) is 0. The minimum atomic E-state index is -1.03. The second kappa shape index (κ2) is 5.54. The smallest absolute Gasteiger partial charge is 0.131 e. The molecule has 2 rings (SSSR count). The second-order valence-corrected chi connectivity index (χ2v) is 4.81. The number of hydrogen-bond acceptors (Lipinski definition) is 2. The lowest BCUT2D eigenvalue weighted by Gasteiger charge is -2.12. The molecule has 1 aromatic heterocycles. The summed E-state index contributed by atoms with van der Waals surface area (Å²) in [5.74, 6) is -1.40. The molecule has 1 N–H and O–H groups in total. The van der Waals surface area contributed by atoms with Crippen molar-refractivity contribution in [3.63, 3.8) is 0 Å². The zero-order chi connectivity index (χ0) is 13.1. The van der Waals surface area contributed by atoms with Crippen molar-refractivity contribution in [2.45, 2.75) is 12.5 Å². The van der Waals surface area contributed by atoms with Crippen molar-refractivity contribution < 1.29 is 13.9 Å². The maximum absolute atomic E-state index is 13.5. The lowest BCUT2D eigenvalue weighted by Crippen LogP contribution is -2.05. The third kappa shape index (κ3) is 3.11. The summed E-state index contributed by atoms with van der Waals surface area (Å²) in [7, 11) is 0. The minimum Gasteiger partial charge on any atom is -0.388 e. The van der Waals surface area contributed by atoms with E-state index >= 15 is 0 Å². The Morgan fingerprint density at radius 1 is 1.22 bits per heavy atom. The van der Waals surface area contributed by atoms with Gasteiger partial charge in [-0.3, -0.25) is 4.98 Å². The molecule has 0 aliphatic carbocycles. The van der Waals surface area contributed by atoms with Crippen LogP contribution in [0.5, 0.6) is 0 Å². The molecule has 5 heteroatoms. The van der Waals surface area contributed by atoms with Crippen molar-refractivity contribution in [3.05, 3.63) is 63.9 Å². The predicted molar refractivity (Wildman–Crippen MR) is 67.0 cm³/mol. The van der Waals surface area contributed by atoms with E-state index < -0.39 is 17.7 Å². The third-order valence-corrected chi connectivity index (χ3v) is 2.95. The highest BCUT2D eigenvalue weighted by Crippen LogP contribution is 2.22. The van der Waals surface area contributed by atoms with E-state index in [2.05, 4.69) is 20.9 Å². The largest absolute Gasteiger partial charge is 0.388 e. The van der Waals surface area contributed by atoms with Gasteiger partial charge in [0.05, 0.1) is 6.10 Å². The fourth-order valence-electron chi connectivity index (χ4n) is 1.67. The number of pyridine rings is 1. The first-order valence-corrected chi connectivity index (χ1v) is 6.08. The van der Waals surface area contributed by atoms with E-state index in [0.717, 1.165) is 22.2 Å². The second-order valence-electron chi connectivity index (χ2n) is 3.90. The lowest BCUT2D eigenvalue weighted by molar-refractivity contribution is 0.173. The molecule has 0 saturated carbocycles. The van der Waals surface area contributed by atoms with Gasteiger partial charge < -0.3 is 5.11 Å². The predicted octanol–water partition coefficient (Wildman–Crippen LogP) is 3.40. The van der Waals surface area contributed by atoms with Crippen molar-refractivity contribution in [1.29, 1.82) is 0 Å². The van der Waals surface area contributed by atoms with Gasteiger partial charge >= 0.3 is 0 Å². The molecule has 18 heavy (non-hydrogen) atoms. The number of rotatable bonds is 3. The number of aliphatic hydroxyl groups excluding tert-OH is 1. The molecule has 2 nitrogen and oxygen atoms in total. The van der Waals surface area contributed by atoms with Crippen LogP contribution in [0.4, 0.5) is 8.78 Å². The van der Waals surface area contributed by atoms with Crippen LogP contribution in [-0.2, 0) is 6.42 Å². The summed E-state index contributed by atoms with van der Waals surface area (Å²) in [5, 5.41) is 9.93. The minimum absolute atomic E-state index is 0.0800. The van der Waals surface area contributed by atoms with Gasteiger partial charge in [-0.05, 0) is 33.6 Å². The Labute approximate surface area is 111 Å². The van der Waals surface area contributed by atoms with Gasteiger partial charge in [0.1, 0.15) is 11.6 Å². The van der Waals surface area contributed by atoms with Gasteiger partial charge in [0.15, 0.2) is 0 Å². The topological polar surface area (TPSA) is 33.1 Å². The Balaban J connectivity index is 2.19. The maximum Gasteiger partial charge on any atom is 0.131 e. The lowest BCUT2D eigenvalue weighted by atomic mass is 10.0. The first-order valence-electron chi connectivity index (χ1n) is 5.28. The Bertz CT molecular complexity index is 562. The number of nitrogens with zero attached hydrogens (tertiary/aromatic N) is 1. The van der Waals surface area contributed by atoms with E-state index in [4.69, 9.17) is 0 Å². The molecule has 1 unspecified atom stereocenters. The first kappa shape index (κ1) is 13.1. The van der Waals surface area contributed by atoms with Gasteiger partial charge in [0.25, 0.3) is 0 Å². The number of halogens is 3. The van der Waals surface area contributed by atoms with Gasteiger partial charge in [-0.15, -0.1) is 0 Å². The van der Waals surface area contributed by atoms with Crippen LogP contribution < -0.4 is 0 Å². The molecule has 0 aliphatic rings. The van der Waals surface area contributed by atoms with Gasteiger partial charge in [-0.2, -0.15) is 0 Å². The molecule has 0 fully saturated rings. The molecule has 0 radical (unpaired) electrons. The fraction of sp³-hybridized carbons (Fsp3) is 0.154. The summed E-state index contributed by atoms with van der Waals surface area (Å²) in [5.41, 5.74) is 0.844. The van der Waals surface area contributed by atoms with Crippen LogP contribution in [0.3, 0.4) is 0 Å². The molecule has 0 amide bonds. The summed E-state index contributed by atoms with van der Waals surface area (Å²) in [6.07, 6.45) is 2.40. The summed E-state index contributed by atoms with van der Waals surface area (Å²) in [6, 6.07) is 4.93. The van der Waals surface area contributed by atoms with Gasteiger partial charge in [-0.25, -0.2) is 8.78 Å². The van der Waals surface area contributed by atoms with Crippen LogP contribution in [-0.4, -0.2) is 10.1 Å². The van der Waals surface area contributed by atoms with Crippen molar-refractivity contribution >= 4 is 15.9 Å². The zero-order valence-corrected chi connectivity index (χ0v) is 10.9. The standard InChI is InChI=1S/C13H10BrF2NO/c14-9-3-8(6-17-7-9)4-13(18)11-2-1-10(15)5-12(11)16/h1-3,5-7,13,18H,4H2.